The molecule has 0 saturated heterocycles. The van der Waals surface area contributed by atoms with Gasteiger partial charge in [-0.1, -0.05) is 18.2 Å². The number of carboxylic acids is 1. The van der Waals surface area contributed by atoms with Crippen LogP contribution in [0.3, 0.4) is 0 Å². The number of aliphatic carboxylic acids is 1. The number of hydrogen-bond donors (Lipinski definition) is 2. The van der Waals surface area contributed by atoms with Crippen LogP contribution in [0.25, 0.3) is 0 Å². The number of carboxylic acid groups (broad SMARTS) is 1. The lowest BCUT2D eigenvalue weighted by molar-refractivity contribution is -0.138. The molecule has 0 spiro atoms. The maximum Gasteiger partial charge on any atom is 0.327 e. The molecule has 3 rings (SSSR count). The summed E-state index contributed by atoms with van der Waals surface area (Å²) in [4.78, 5) is 24.1. The number of anilines is 2. The summed E-state index contributed by atoms with van der Waals surface area (Å²) in [5, 5.41) is 15.6. The van der Waals surface area contributed by atoms with Gasteiger partial charge in [-0.15, -0.1) is 0 Å². The van der Waals surface area contributed by atoms with Crippen LogP contribution in [0.2, 0.25) is 0 Å². The van der Waals surface area contributed by atoms with E-state index in [4.69, 9.17) is 0 Å². The second kappa shape index (κ2) is 4.24. The van der Waals surface area contributed by atoms with Crippen molar-refractivity contribution >= 4 is 17.5 Å². The minimum atomic E-state index is -0.913. The van der Waals surface area contributed by atoms with Crippen molar-refractivity contribution in [2.24, 2.45) is 0 Å². The molecule has 1 atom stereocenters. The molecule has 0 amide bonds. The molecule has 6 heteroatoms. The summed E-state index contributed by atoms with van der Waals surface area (Å²) in [6.07, 6.45) is 0.423. The minimum absolute atomic E-state index is 0.317. The van der Waals surface area contributed by atoms with Crippen molar-refractivity contribution in [3.63, 3.8) is 0 Å². The predicted octanol–water partition coefficient (Wildman–Crippen LogP) is 0.917. The Morgan fingerprint density at radius 2 is 2.11 bits per heavy atom. The Hall–Kier alpha value is -2.63. The van der Waals surface area contributed by atoms with Gasteiger partial charge in [0.25, 0.3) is 5.56 Å². The summed E-state index contributed by atoms with van der Waals surface area (Å²) in [7, 11) is 0. The second-order valence-electron chi connectivity index (χ2n) is 4.34. The highest BCUT2D eigenvalue weighted by Crippen LogP contribution is 2.36. The fraction of sp³-hybridized carbons (Fsp3) is 0.154. The van der Waals surface area contributed by atoms with Gasteiger partial charge in [0.1, 0.15) is 6.04 Å². The Labute approximate surface area is 108 Å². The number of rotatable bonds is 2. The zero-order chi connectivity index (χ0) is 13.4. The maximum atomic E-state index is 11.4. The molecule has 1 aromatic heterocycles. The highest BCUT2D eigenvalue weighted by Gasteiger charge is 2.35. The number of carbonyl (C=O) groups is 1. The average molecular weight is 257 g/mol. The first-order chi connectivity index (χ1) is 9.16. The zero-order valence-corrected chi connectivity index (χ0v) is 9.91. The molecule has 96 valence electrons. The van der Waals surface area contributed by atoms with E-state index in [0.29, 0.717) is 12.2 Å². The SMILES string of the molecule is O=C(O)[C@@H]1Cc2ccccc2N1c1ccc(=O)[nH]n1. The summed E-state index contributed by atoms with van der Waals surface area (Å²) in [6, 6.07) is 9.64. The van der Waals surface area contributed by atoms with Gasteiger partial charge in [0.15, 0.2) is 5.82 Å². The van der Waals surface area contributed by atoms with E-state index in [1.54, 1.807) is 4.90 Å². The van der Waals surface area contributed by atoms with E-state index in [1.807, 2.05) is 24.3 Å². The van der Waals surface area contributed by atoms with E-state index >= 15 is 0 Å². The quantitative estimate of drug-likeness (QED) is 0.835. The van der Waals surface area contributed by atoms with Crippen LogP contribution in [0.4, 0.5) is 11.5 Å². The van der Waals surface area contributed by atoms with Crippen LogP contribution in [0.1, 0.15) is 5.56 Å². The maximum absolute atomic E-state index is 11.4. The third kappa shape index (κ3) is 1.87. The fourth-order valence-electron chi connectivity index (χ4n) is 2.34. The lowest BCUT2D eigenvalue weighted by Gasteiger charge is -2.22. The molecule has 0 bridgehead atoms. The predicted molar refractivity (Wildman–Crippen MR) is 68.6 cm³/mol. The monoisotopic (exact) mass is 257 g/mol. The number of nitrogens with one attached hydrogen (secondary N) is 1. The van der Waals surface area contributed by atoms with Gasteiger partial charge in [-0.3, -0.25) is 4.79 Å². The van der Waals surface area contributed by atoms with Crippen LogP contribution >= 0.6 is 0 Å². The van der Waals surface area contributed by atoms with Crippen LogP contribution in [-0.4, -0.2) is 27.3 Å². The summed E-state index contributed by atoms with van der Waals surface area (Å²) in [5.74, 6) is -0.485. The number of nitrogens with zero attached hydrogens (tertiary/aromatic N) is 2. The average Bonchev–Trinajstić information content (AvgIpc) is 2.79. The Balaban J connectivity index is 2.12. The van der Waals surface area contributed by atoms with Crippen LogP contribution in [0, 0.1) is 0 Å². The number of benzene rings is 1. The van der Waals surface area contributed by atoms with E-state index in [-0.39, 0.29) is 5.56 Å². The van der Waals surface area contributed by atoms with Crippen LogP contribution in [0.5, 0.6) is 0 Å². The van der Waals surface area contributed by atoms with Gasteiger partial charge in [0.05, 0.1) is 0 Å². The van der Waals surface area contributed by atoms with Crippen LogP contribution < -0.4 is 10.5 Å². The molecule has 0 aliphatic carbocycles. The third-order valence-electron chi connectivity index (χ3n) is 3.17. The zero-order valence-electron chi connectivity index (χ0n) is 9.91. The lowest BCUT2D eigenvalue weighted by atomic mass is 10.1. The Morgan fingerprint density at radius 1 is 1.32 bits per heavy atom. The summed E-state index contributed by atoms with van der Waals surface area (Å²) in [5.41, 5.74) is 1.46. The van der Waals surface area contributed by atoms with Crippen molar-refractivity contribution in [1.29, 1.82) is 0 Å². The molecule has 1 aliphatic rings. The van der Waals surface area contributed by atoms with Crippen LogP contribution in [-0.2, 0) is 11.2 Å². The molecule has 2 N–H and O–H groups in total. The first kappa shape index (κ1) is 11.5. The lowest BCUT2D eigenvalue weighted by Crippen LogP contribution is -2.36. The number of hydrogen-bond acceptors (Lipinski definition) is 4. The van der Waals surface area contributed by atoms with Gasteiger partial charge < -0.3 is 10.0 Å². The first-order valence-corrected chi connectivity index (χ1v) is 5.82. The number of para-hydroxylation sites is 1. The first-order valence-electron chi connectivity index (χ1n) is 5.82. The highest BCUT2D eigenvalue weighted by atomic mass is 16.4. The van der Waals surface area contributed by atoms with Crippen molar-refractivity contribution in [1.82, 2.24) is 10.2 Å². The van der Waals surface area contributed by atoms with Crippen LogP contribution in [0.15, 0.2) is 41.2 Å². The van der Waals surface area contributed by atoms with E-state index in [9.17, 15) is 14.7 Å². The standard InChI is InChI=1S/C13H11N3O3/c17-12-6-5-11(14-15-12)16-9-4-2-1-3-8(9)7-10(16)13(18)19/h1-6,10H,7H2,(H,15,17)(H,18,19)/t10-/m0/s1. The third-order valence-corrected chi connectivity index (χ3v) is 3.17. The number of H-pyrrole nitrogens is 1. The Bertz CT molecular complexity index is 675. The Morgan fingerprint density at radius 3 is 2.79 bits per heavy atom. The summed E-state index contributed by atoms with van der Waals surface area (Å²) < 4.78 is 0. The van der Waals surface area contributed by atoms with E-state index in [0.717, 1.165) is 11.3 Å². The van der Waals surface area contributed by atoms with Crippen molar-refractivity contribution in [2.75, 3.05) is 4.90 Å². The largest absolute Gasteiger partial charge is 0.480 e. The molecule has 2 aromatic rings. The van der Waals surface area contributed by atoms with Gasteiger partial charge in [-0.2, -0.15) is 5.10 Å². The summed E-state index contributed by atoms with van der Waals surface area (Å²) in [6.45, 7) is 0. The van der Waals surface area contributed by atoms with Crippen molar-refractivity contribution < 1.29 is 9.90 Å². The second-order valence-corrected chi connectivity index (χ2v) is 4.34. The van der Waals surface area contributed by atoms with Gasteiger partial charge in [0.2, 0.25) is 0 Å². The molecule has 19 heavy (non-hydrogen) atoms. The fourth-order valence-corrected chi connectivity index (χ4v) is 2.34. The molecule has 1 aromatic carbocycles. The molecule has 0 unspecified atom stereocenters. The number of aromatic amines is 1. The smallest absolute Gasteiger partial charge is 0.327 e. The summed E-state index contributed by atoms with van der Waals surface area (Å²) >= 11 is 0. The van der Waals surface area contributed by atoms with Gasteiger partial charge in [-0.05, 0) is 17.7 Å². The normalized spacial score (nSPS) is 17.3. The van der Waals surface area contributed by atoms with Crippen molar-refractivity contribution in [3.05, 3.63) is 52.3 Å². The minimum Gasteiger partial charge on any atom is -0.480 e. The van der Waals surface area contributed by atoms with Crippen molar-refractivity contribution in [2.45, 2.75) is 12.5 Å². The van der Waals surface area contributed by atoms with Gasteiger partial charge >= 0.3 is 5.97 Å². The molecular weight excluding hydrogens is 246 g/mol. The van der Waals surface area contributed by atoms with E-state index in [1.165, 1.54) is 12.1 Å². The topological polar surface area (TPSA) is 86.3 Å². The molecule has 0 saturated carbocycles. The Kier molecular flexibility index (Phi) is 2.56. The molecule has 1 aliphatic heterocycles. The van der Waals surface area contributed by atoms with Gasteiger partial charge in [0, 0.05) is 18.2 Å². The van der Waals surface area contributed by atoms with Gasteiger partial charge in [-0.25, -0.2) is 9.89 Å². The molecule has 6 nitrogen and oxygen atoms in total. The molecule has 0 radical (unpaired) electrons. The number of aromatic nitrogens is 2. The van der Waals surface area contributed by atoms with Crippen molar-refractivity contribution in [3.8, 4) is 0 Å². The van der Waals surface area contributed by atoms with E-state index in [2.05, 4.69) is 10.2 Å². The van der Waals surface area contributed by atoms with E-state index < -0.39 is 12.0 Å². The highest BCUT2D eigenvalue weighted by molar-refractivity contribution is 5.86. The number of fused-ring (bicyclic) bond motifs is 1. The molecule has 0 fully saturated rings. The molecular formula is C13H11N3O3. The molecule has 2 heterocycles.